The van der Waals surface area contributed by atoms with Gasteiger partial charge in [-0.15, -0.1) is 0 Å². The first-order valence-electron chi connectivity index (χ1n) is 8.71. The number of amides is 2. The van der Waals surface area contributed by atoms with Gasteiger partial charge in [0.05, 0.1) is 12.7 Å². The molecule has 2 aromatic carbocycles. The highest BCUT2D eigenvalue weighted by Crippen LogP contribution is 2.12. The van der Waals surface area contributed by atoms with Gasteiger partial charge in [-0.3, -0.25) is 4.90 Å². The minimum absolute atomic E-state index is 0.196. The number of hydrogen-bond donors (Lipinski definition) is 2. The highest BCUT2D eigenvalue weighted by molar-refractivity contribution is 5.89. The molecule has 1 aliphatic heterocycles. The zero-order valence-electron chi connectivity index (χ0n) is 14.6. The first-order valence-corrected chi connectivity index (χ1v) is 8.71. The largest absolute Gasteiger partial charge is 0.376 e. The quantitative estimate of drug-likeness (QED) is 0.879. The Morgan fingerprint density at radius 3 is 2.76 bits per heavy atom. The van der Waals surface area contributed by atoms with Crippen molar-refractivity contribution in [3.8, 4) is 0 Å². The van der Waals surface area contributed by atoms with E-state index in [1.165, 1.54) is 5.56 Å². The third-order valence-electron chi connectivity index (χ3n) is 4.21. The number of nitrogens with zero attached hydrogens (tertiary/aromatic N) is 1. The standard InChI is InChI=1S/C20H25N3O2/c1-16-14-23(10-11-25-16)15-18-7-5-6-17(12-18)13-21-20(24)22-19-8-3-2-4-9-19/h2-9,12,16H,10-11,13-15H2,1H3,(H2,21,22,24). The van der Waals surface area contributed by atoms with Crippen molar-refractivity contribution in [3.63, 3.8) is 0 Å². The van der Waals surface area contributed by atoms with Crippen LogP contribution in [-0.2, 0) is 17.8 Å². The number of benzene rings is 2. The van der Waals surface area contributed by atoms with E-state index in [1.807, 2.05) is 42.5 Å². The van der Waals surface area contributed by atoms with Crippen LogP contribution in [-0.4, -0.2) is 36.7 Å². The third kappa shape index (κ3) is 5.59. The Bertz CT molecular complexity index is 690. The first kappa shape index (κ1) is 17.5. The van der Waals surface area contributed by atoms with Crippen LogP contribution in [0, 0.1) is 0 Å². The van der Waals surface area contributed by atoms with Crippen LogP contribution in [0.3, 0.4) is 0 Å². The summed E-state index contributed by atoms with van der Waals surface area (Å²) in [5.41, 5.74) is 3.15. The van der Waals surface area contributed by atoms with E-state index < -0.39 is 0 Å². The maximum absolute atomic E-state index is 12.0. The second kappa shape index (κ2) is 8.65. The normalized spacial score (nSPS) is 17.9. The molecule has 0 radical (unpaired) electrons. The molecule has 0 aromatic heterocycles. The Kier molecular flexibility index (Phi) is 6.04. The van der Waals surface area contributed by atoms with Crippen LogP contribution < -0.4 is 10.6 Å². The van der Waals surface area contributed by atoms with Gasteiger partial charge >= 0.3 is 6.03 Å². The lowest BCUT2D eigenvalue weighted by Crippen LogP contribution is -2.40. The van der Waals surface area contributed by atoms with Gasteiger partial charge in [0.25, 0.3) is 0 Å². The van der Waals surface area contributed by atoms with E-state index in [2.05, 4.69) is 34.6 Å². The van der Waals surface area contributed by atoms with Crippen molar-refractivity contribution in [1.82, 2.24) is 10.2 Å². The molecule has 1 fully saturated rings. The van der Waals surface area contributed by atoms with Crippen molar-refractivity contribution in [2.24, 2.45) is 0 Å². The molecule has 0 aliphatic carbocycles. The Hall–Kier alpha value is -2.37. The number of nitrogens with one attached hydrogen (secondary N) is 2. The lowest BCUT2D eigenvalue weighted by Gasteiger charge is -2.31. The second-order valence-electron chi connectivity index (χ2n) is 6.41. The first-order chi connectivity index (χ1) is 12.2. The average Bonchev–Trinajstić information content (AvgIpc) is 2.61. The number of anilines is 1. The van der Waals surface area contributed by atoms with Crippen LogP contribution in [0.15, 0.2) is 54.6 Å². The van der Waals surface area contributed by atoms with E-state index in [9.17, 15) is 4.79 Å². The molecular formula is C20H25N3O2. The lowest BCUT2D eigenvalue weighted by atomic mass is 10.1. The van der Waals surface area contributed by atoms with E-state index in [4.69, 9.17) is 4.74 Å². The number of hydrogen-bond acceptors (Lipinski definition) is 3. The summed E-state index contributed by atoms with van der Waals surface area (Å²) in [7, 11) is 0. The lowest BCUT2D eigenvalue weighted by molar-refractivity contribution is -0.0212. The fraction of sp³-hybridized carbons (Fsp3) is 0.350. The zero-order valence-corrected chi connectivity index (χ0v) is 14.6. The van der Waals surface area contributed by atoms with Crippen LogP contribution >= 0.6 is 0 Å². The van der Waals surface area contributed by atoms with Crippen molar-refractivity contribution in [2.75, 3.05) is 25.0 Å². The highest BCUT2D eigenvalue weighted by Gasteiger charge is 2.16. The number of carbonyl (C=O) groups is 1. The summed E-state index contributed by atoms with van der Waals surface area (Å²) in [5, 5.41) is 5.73. The molecule has 1 atom stereocenters. The van der Waals surface area contributed by atoms with Gasteiger partial charge in [0.2, 0.25) is 0 Å². The summed E-state index contributed by atoms with van der Waals surface area (Å²) >= 11 is 0. The minimum atomic E-state index is -0.196. The molecule has 0 bridgehead atoms. The van der Waals surface area contributed by atoms with Crippen molar-refractivity contribution in [1.29, 1.82) is 0 Å². The molecule has 2 amide bonds. The number of morpholine rings is 1. The molecule has 5 nitrogen and oxygen atoms in total. The van der Waals surface area contributed by atoms with Gasteiger partial charge in [-0.1, -0.05) is 42.5 Å². The molecule has 1 heterocycles. The summed E-state index contributed by atoms with van der Waals surface area (Å²) in [5.74, 6) is 0. The van der Waals surface area contributed by atoms with Crippen LogP contribution in [0.25, 0.3) is 0 Å². The molecule has 0 saturated carbocycles. The molecule has 1 aliphatic rings. The van der Waals surface area contributed by atoms with Gasteiger partial charge in [0, 0.05) is 31.9 Å². The molecule has 25 heavy (non-hydrogen) atoms. The Morgan fingerprint density at radius 2 is 1.96 bits per heavy atom. The predicted octanol–water partition coefficient (Wildman–Crippen LogP) is 3.23. The summed E-state index contributed by atoms with van der Waals surface area (Å²) < 4.78 is 5.59. The van der Waals surface area contributed by atoms with Crippen LogP contribution in [0.4, 0.5) is 10.5 Å². The average molecular weight is 339 g/mol. The molecule has 3 rings (SSSR count). The van der Waals surface area contributed by atoms with Gasteiger partial charge < -0.3 is 15.4 Å². The Balaban J connectivity index is 1.50. The number of ether oxygens (including phenoxy) is 1. The second-order valence-corrected chi connectivity index (χ2v) is 6.41. The maximum atomic E-state index is 12.0. The number of rotatable bonds is 5. The molecule has 2 N–H and O–H groups in total. The SMILES string of the molecule is CC1CN(Cc2cccc(CNC(=O)Nc3ccccc3)c2)CCO1. The van der Waals surface area contributed by atoms with Crippen molar-refractivity contribution >= 4 is 11.7 Å². The number of para-hydroxylation sites is 1. The monoisotopic (exact) mass is 339 g/mol. The fourth-order valence-corrected chi connectivity index (χ4v) is 3.01. The topological polar surface area (TPSA) is 53.6 Å². The summed E-state index contributed by atoms with van der Waals surface area (Å²) in [6.45, 7) is 6.25. The molecule has 0 spiro atoms. The van der Waals surface area contributed by atoms with Gasteiger partial charge in [-0.2, -0.15) is 0 Å². The molecule has 1 unspecified atom stereocenters. The molecule has 1 saturated heterocycles. The van der Waals surface area contributed by atoms with E-state index in [1.54, 1.807) is 0 Å². The third-order valence-corrected chi connectivity index (χ3v) is 4.21. The van der Waals surface area contributed by atoms with Gasteiger partial charge in [-0.25, -0.2) is 4.79 Å². The van der Waals surface area contributed by atoms with Crippen LogP contribution in [0.2, 0.25) is 0 Å². The van der Waals surface area contributed by atoms with E-state index >= 15 is 0 Å². The zero-order chi connectivity index (χ0) is 17.5. The summed E-state index contributed by atoms with van der Waals surface area (Å²) in [6.07, 6.45) is 0.292. The van der Waals surface area contributed by atoms with E-state index in [-0.39, 0.29) is 6.03 Å². The van der Waals surface area contributed by atoms with Crippen LogP contribution in [0.1, 0.15) is 18.1 Å². The fourth-order valence-electron chi connectivity index (χ4n) is 3.01. The number of urea groups is 1. The molecular weight excluding hydrogens is 314 g/mol. The maximum Gasteiger partial charge on any atom is 0.319 e. The molecule has 132 valence electrons. The van der Waals surface area contributed by atoms with Crippen molar-refractivity contribution in [3.05, 3.63) is 65.7 Å². The Labute approximate surface area is 149 Å². The van der Waals surface area contributed by atoms with Crippen molar-refractivity contribution in [2.45, 2.75) is 26.1 Å². The van der Waals surface area contributed by atoms with Gasteiger partial charge in [0.1, 0.15) is 0 Å². The van der Waals surface area contributed by atoms with E-state index in [0.29, 0.717) is 12.6 Å². The Morgan fingerprint density at radius 1 is 1.16 bits per heavy atom. The predicted molar refractivity (Wildman–Crippen MR) is 99.4 cm³/mol. The van der Waals surface area contributed by atoms with Gasteiger partial charge in [0.15, 0.2) is 0 Å². The number of carbonyl (C=O) groups excluding carboxylic acids is 1. The summed E-state index contributed by atoms with van der Waals surface area (Å²) in [6, 6.07) is 17.6. The summed E-state index contributed by atoms with van der Waals surface area (Å²) in [4.78, 5) is 14.4. The highest BCUT2D eigenvalue weighted by atomic mass is 16.5. The smallest absolute Gasteiger partial charge is 0.319 e. The minimum Gasteiger partial charge on any atom is -0.376 e. The molecule has 5 heteroatoms. The van der Waals surface area contributed by atoms with Crippen molar-refractivity contribution < 1.29 is 9.53 Å². The molecule has 2 aromatic rings. The van der Waals surface area contributed by atoms with Crippen LogP contribution in [0.5, 0.6) is 0 Å². The van der Waals surface area contributed by atoms with E-state index in [0.717, 1.165) is 37.5 Å². The van der Waals surface area contributed by atoms with Gasteiger partial charge in [-0.05, 0) is 30.2 Å².